The lowest BCUT2D eigenvalue weighted by atomic mass is 10.1. The fourth-order valence-electron chi connectivity index (χ4n) is 5.68. The summed E-state index contributed by atoms with van der Waals surface area (Å²) in [4.78, 5) is 58.7. The molecular formula is C34H27FN6O8. The summed E-state index contributed by atoms with van der Waals surface area (Å²) < 4.78 is 37.6. The Labute approximate surface area is 276 Å². The number of imidazole rings is 2. The van der Waals surface area contributed by atoms with E-state index in [2.05, 4.69) is 4.98 Å². The van der Waals surface area contributed by atoms with Crippen molar-refractivity contribution in [3.63, 3.8) is 0 Å². The number of fused-ring (bicyclic) bond motifs is 2. The molecule has 1 aliphatic heterocycles. The van der Waals surface area contributed by atoms with Crippen LogP contribution in [0, 0.1) is 10.1 Å². The number of hydrogen-bond acceptors (Lipinski definition) is 10. The third-order valence-corrected chi connectivity index (χ3v) is 8.23. The van der Waals surface area contributed by atoms with E-state index >= 15 is 4.39 Å². The zero-order chi connectivity index (χ0) is 34.1. The first-order valence-electron chi connectivity index (χ1n) is 15.2. The fourth-order valence-corrected chi connectivity index (χ4v) is 5.68. The van der Waals surface area contributed by atoms with Crippen LogP contribution in [0.4, 0.5) is 10.1 Å². The van der Waals surface area contributed by atoms with Crippen molar-refractivity contribution in [3.8, 4) is 0 Å². The molecule has 0 amide bonds. The van der Waals surface area contributed by atoms with Crippen LogP contribution < -0.4 is 5.56 Å². The summed E-state index contributed by atoms with van der Waals surface area (Å²) in [7, 11) is 0. The van der Waals surface area contributed by atoms with Crippen LogP contribution >= 0.6 is 0 Å². The standard InChI is InChI=1S/C34H27FN6O8/c35-26-25(19-47-32(43)22-7-3-1-4-8-22)48-31(28(26)49-33(44)23-9-5-2-6-10-23)40-20-36-27-29(40)37-34-38(17-18-39(34)30(27)42)16-15-21-11-13-24(14-12-21)41(45)46/h1-14,17-18,20,25-26,28,31H,15-16,19H2/t25-,26-,28-,31-/m1/s1. The zero-order valence-electron chi connectivity index (χ0n) is 25.6. The summed E-state index contributed by atoms with van der Waals surface area (Å²) in [5, 5.41) is 11.0. The molecule has 49 heavy (non-hydrogen) atoms. The molecule has 14 nitrogen and oxygen atoms in total. The molecule has 1 aliphatic rings. The van der Waals surface area contributed by atoms with Gasteiger partial charge in [-0.3, -0.25) is 19.5 Å². The third-order valence-electron chi connectivity index (χ3n) is 8.23. The van der Waals surface area contributed by atoms with Crippen LogP contribution in [0.3, 0.4) is 0 Å². The summed E-state index contributed by atoms with van der Waals surface area (Å²) in [6, 6.07) is 22.4. The Morgan fingerprint density at radius 3 is 2.29 bits per heavy atom. The molecule has 0 radical (unpaired) electrons. The van der Waals surface area contributed by atoms with Crippen LogP contribution in [0.2, 0.25) is 0 Å². The monoisotopic (exact) mass is 666 g/mol. The molecule has 4 heterocycles. The first-order chi connectivity index (χ1) is 23.8. The number of nitrogens with zero attached hydrogens (tertiary/aromatic N) is 6. The highest BCUT2D eigenvalue weighted by atomic mass is 19.1. The number of alkyl halides is 1. The quantitative estimate of drug-likeness (QED) is 0.117. The van der Waals surface area contributed by atoms with Gasteiger partial charge in [-0.2, -0.15) is 4.98 Å². The SMILES string of the molecule is O=C(OC[C@H]1O[C@@H](n2cnc3c(=O)n4ccn(CCc5ccc([N+](=O)[O-])cc5)c4nc32)[C@H](OC(=O)c2ccccc2)[C@@H]1F)c1ccccc1. The lowest BCUT2D eigenvalue weighted by Crippen LogP contribution is -2.35. The van der Waals surface area contributed by atoms with Gasteiger partial charge in [-0.25, -0.2) is 23.4 Å². The molecule has 0 saturated carbocycles. The van der Waals surface area contributed by atoms with E-state index in [1.165, 1.54) is 39.6 Å². The van der Waals surface area contributed by atoms with Crippen molar-refractivity contribution in [3.05, 3.63) is 141 Å². The molecule has 0 aliphatic carbocycles. The van der Waals surface area contributed by atoms with E-state index in [9.17, 15) is 24.5 Å². The predicted molar refractivity (Wildman–Crippen MR) is 171 cm³/mol. The molecule has 7 rings (SSSR count). The number of carbonyl (C=O) groups excluding carboxylic acids is 2. The molecule has 6 aromatic rings. The Hall–Kier alpha value is -6.22. The Balaban J connectivity index is 1.19. The maximum atomic E-state index is 16.1. The number of halogens is 1. The number of benzene rings is 3. The van der Waals surface area contributed by atoms with E-state index in [1.807, 2.05) is 0 Å². The number of esters is 2. The smallest absolute Gasteiger partial charge is 0.338 e. The molecule has 248 valence electrons. The predicted octanol–water partition coefficient (Wildman–Crippen LogP) is 4.31. The van der Waals surface area contributed by atoms with Crippen LogP contribution in [0.15, 0.2) is 108 Å². The molecule has 0 unspecified atom stereocenters. The first-order valence-corrected chi connectivity index (χ1v) is 15.2. The highest BCUT2D eigenvalue weighted by Gasteiger charge is 2.50. The van der Waals surface area contributed by atoms with Gasteiger partial charge >= 0.3 is 11.9 Å². The molecule has 0 bridgehead atoms. The molecule has 4 atom stereocenters. The van der Waals surface area contributed by atoms with Gasteiger partial charge in [0.15, 0.2) is 29.7 Å². The average molecular weight is 667 g/mol. The molecule has 0 spiro atoms. The maximum Gasteiger partial charge on any atom is 0.338 e. The van der Waals surface area contributed by atoms with E-state index in [0.29, 0.717) is 13.0 Å². The minimum atomic E-state index is -1.94. The number of nitro benzene ring substituents is 1. The Bertz CT molecular complexity index is 2220. The minimum absolute atomic E-state index is 0.0203. The van der Waals surface area contributed by atoms with Crippen molar-refractivity contribution in [2.45, 2.75) is 37.6 Å². The van der Waals surface area contributed by atoms with Gasteiger partial charge in [0, 0.05) is 31.1 Å². The van der Waals surface area contributed by atoms with E-state index in [4.69, 9.17) is 19.2 Å². The van der Waals surface area contributed by atoms with Gasteiger partial charge in [0.25, 0.3) is 11.2 Å². The average Bonchev–Trinajstić information content (AvgIpc) is 3.83. The molecule has 1 fully saturated rings. The van der Waals surface area contributed by atoms with Crippen molar-refractivity contribution in [2.75, 3.05) is 6.61 Å². The molecule has 3 aromatic heterocycles. The first kappa shape index (κ1) is 31.4. The molecule has 0 N–H and O–H groups in total. The molecule has 3 aromatic carbocycles. The number of non-ortho nitro benzene ring substituents is 1. The number of carbonyl (C=O) groups is 2. The second-order valence-electron chi connectivity index (χ2n) is 11.3. The van der Waals surface area contributed by atoms with Crippen LogP contribution in [0.1, 0.15) is 32.5 Å². The lowest BCUT2D eigenvalue weighted by molar-refractivity contribution is -0.384. The van der Waals surface area contributed by atoms with E-state index in [0.717, 1.165) is 5.56 Å². The summed E-state index contributed by atoms with van der Waals surface area (Å²) in [5.41, 5.74) is 0.803. The fraction of sp³-hybridized carbons (Fsp3) is 0.206. The number of rotatable bonds is 10. The normalized spacial score (nSPS) is 18.9. The highest BCUT2D eigenvalue weighted by molar-refractivity contribution is 5.90. The minimum Gasteiger partial charge on any atom is -0.459 e. The number of aryl methyl sites for hydroxylation is 2. The van der Waals surface area contributed by atoms with Crippen LogP contribution in [0.25, 0.3) is 16.9 Å². The number of nitro groups is 1. The Morgan fingerprint density at radius 2 is 1.61 bits per heavy atom. The van der Waals surface area contributed by atoms with Crippen LogP contribution in [-0.2, 0) is 27.2 Å². The number of ether oxygens (including phenoxy) is 3. The van der Waals surface area contributed by atoms with Gasteiger partial charge in [-0.15, -0.1) is 0 Å². The summed E-state index contributed by atoms with van der Waals surface area (Å²) in [6.45, 7) is -0.109. The highest BCUT2D eigenvalue weighted by Crippen LogP contribution is 2.36. The van der Waals surface area contributed by atoms with Crippen molar-refractivity contribution >= 4 is 34.6 Å². The second kappa shape index (κ2) is 13.1. The summed E-state index contributed by atoms with van der Waals surface area (Å²) in [5.74, 6) is -1.23. The number of aromatic nitrogens is 5. The third kappa shape index (κ3) is 6.14. The van der Waals surface area contributed by atoms with Crippen molar-refractivity contribution < 1.29 is 33.1 Å². The summed E-state index contributed by atoms with van der Waals surface area (Å²) in [6.07, 6.45) is -1.17. The van der Waals surface area contributed by atoms with Crippen molar-refractivity contribution in [1.82, 2.24) is 23.5 Å². The van der Waals surface area contributed by atoms with Gasteiger partial charge < -0.3 is 18.8 Å². The summed E-state index contributed by atoms with van der Waals surface area (Å²) >= 11 is 0. The van der Waals surface area contributed by atoms with E-state index in [-0.39, 0.29) is 33.8 Å². The lowest BCUT2D eigenvalue weighted by Gasteiger charge is -2.21. The Morgan fingerprint density at radius 1 is 0.939 bits per heavy atom. The molecular weight excluding hydrogens is 639 g/mol. The van der Waals surface area contributed by atoms with Crippen LogP contribution in [0.5, 0.6) is 0 Å². The van der Waals surface area contributed by atoms with Gasteiger partial charge in [0.1, 0.15) is 12.7 Å². The van der Waals surface area contributed by atoms with E-state index < -0.39 is 53.6 Å². The van der Waals surface area contributed by atoms with Gasteiger partial charge in [0.2, 0.25) is 5.78 Å². The molecule has 15 heteroatoms. The van der Waals surface area contributed by atoms with Crippen LogP contribution in [-0.4, -0.2) is 65.4 Å². The van der Waals surface area contributed by atoms with Gasteiger partial charge in [-0.1, -0.05) is 48.5 Å². The maximum absolute atomic E-state index is 16.1. The second-order valence-corrected chi connectivity index (χ2v) is 11.3. The van der Waals surface area contributed by atoms with Gasteiger partial charge in [-0.05, 0) is 36.2 Å². The Kier molecular flexibility index (Phi) is 8.40. The van der Waals surface area contributed by atoms with Crippen molar-refractivity contribution in [2.24, 2.45) is 0 Å². The van der Waals surface area contributed by atoms with Gasteiger partial charge in [0.05, 0.1) is 22.4 Å². The topological polar surface area (TPSA) is 162 Å². The van der Waals surface area contributed by atoms with Crippen molar-refractivity contribution in [1.29, 1.82) is 0 Å². The van der Waals surface area contributed by atoms with E-state index in [1.54, 1.807) is 77.6 Å². The largest absolute Gasteiger partial charge is 0.459 e. The molecule has 1 saturated heterocycles. The number of hydrogen-bond donors (Lipinski definition) is 0. The zero-order valence-corrected chi connectivity index (χ0v) is 25.6.